The molecule has 2 N–H and O–H groups in total. The summed E-state index contributed by atoms with van der Waals surface area (Å²) in [4.78, 5) is 25.5. The average Bonchev–Trinajstić information content (AvgIpc) is 2.23. The fourth-order valence-corrected chi connectivity index (χ4v) is 1.03. The van der Waals surface area contributed by atoms with Gasteiger partial charge in [-0.25, -0.2) is 9.59 Å². The Kier molecular flexibility index (Phi) is 6.71. The predicted octanol–water partition coefficient (Wildman–Crippen LogP) is 0.828. The molecule has 0 aliphatic rings. The maximum atomic E-state index is 11.4. The second-order valence-electron chi connectivity index (χ2n) is 2.89. The van der Waals surface area contributed by atoms with Crippen molar-refractivity contribution in [1.82, 2.24) is 0 Å². The van der Waals surface area contributed by atoms with Gasteiger partial charge >= 0.3 is 11.9 Å². The van der Waals surface area contributed by atoms with Crippen molar-refractivity contribution in [1.29, 1.82) is 0 Å². The molecule has 0 rings (SSSR count). The number of rotatable bonds is 5. The molecular weight excluding hydrogens is 240 g/mol. The topological polar surface area (TPSA) is 93.1 Å². The molecule has 0 aliphatic carbocycles. The summed E-state index contributed by atoms with van der Waals surface area (Å²) >= 11 is 5.77. The second-order valence-corrected chi connectivity index (χ2v) is 3.42. The molecule has 6 nitrogen and oxygen atoms in total. The van der Waals surface area contributed by atoms with Gasteiger partial charge in [-0.15, -0.1) is 11.6 Å². The zero-order chi connectivity index (χ0) is 12.7. The largest absolute Gasteiger partial charge is 0.433 e. The van der Waals surface area contributed by atoms with E-state index >= 15 is 0 Å². The Morgan fingerprint density at radius 3 is 2.44 bits per heavy atom. The van der Waals surface area contributed by atoms with E-state index < -0.39 is 23.6 Å². The Hall–Kier alpha value is -1.11. The lowest BCUT2D eigenvalue weighted by Crippen LogP contribution is -2.21. The maximum Gasteiger partial charge on any atom is 0.366 e. The van der Waals surface area contributed by atoms with Gasteiger partial charge in [0.15, 0.2) is 6.29 Å². The summed E-state index contributed by atoms with van der Waals surface area (Å²) in [6.07, 6.45) is -0.242. The first-order valence-electron chi connectivity index (χ1n) is 4.52. The van der Waals surface area contributed by atoms with Crippen LogP contribution in [0.1, 0.15) is 20.3 Å². The van der Waals surface area contributed by atoms with Crippen LogP contribution in [0.2, 0.25) is 0 Å². The van der Waals surface area contributed by atoms with Gasteiger partial charge in [0, 0.05) is 6.08 Å². The molecule has 0 aromatic rings. The van der Waals surface area contributed by atoms with Crippen LogP contribution in [0.3, 0.4) is 0 Å². The smallest absolute Gasteiger partial charge is 0.366 e. The highest BCUT2D eigenvalue weighted by Gasteiger charge is 2.22. The van der Waals surface area contributed by atoms with Gasteiger partial charge in [0.2, 0.25) is 0 Å². The van der Waals surface area contributed by atoms with Crippen molar-refractivity contribution in [3.05, 3.63) is 11.6 Å². The maximum absolute atomic E-state index is 11.4. The van der Waals surface area contributed by atoms with E-state index in [4.69, 9.17) is 22.0 Å². The monoisotopic (exact) mass is 252 g/mol. The van der Waals surface area contributed by atoms with Crippen molar-refractivity contribution in [3.8, 4) is 0 Å². The van der Waals surface area contributed by atoms with Gasteiger partial charge in [0.05, 0.1) is 11.0 Å². The Bertz CT molecular complexity index is 286. The molecule has 2 unspecified atom stereocenters. The summed E-state index contributed by atoms with van der Waals surface area (Å²) in [5, 5.41) is 16.1. The molecule has 0 spiro atoms. The van der Waals surface area contributed by atoms with E-state index in [0.29, 0.717) is 12.5 Å². The molecule has 0 fully saturated rings. The van der Waals surface area contributed by atoms with Crippen molar-refractivity contribution < 1.29 is 29.6 Å². The summed E-state index contributed by atoms with van der Waals surface area (Å²) in [5.41, 5.74) is -0.191. The minimum atomic E-state index is -1.32. The lowest BCUT2D eigenvalue weighted by molar-refractivity contribution is -0.228. The first-order chi connectivity index (χ1) is 7.42. The molecule has 0 saturated heterocycles. The molecule has 0 aliphatic heterocycles. The van der Waals surface area contributed by atoms with Crippen LogP contribution >= 0.6 is 11.6 Å². The molecule has 0 radical (unpaired) electrons. The molecule has 92 valence electrons. The van der Waals surface area contributed by atoms with Gasteiger partial charge in [-0.3, -0.25) is 4.89 Å². The standard InChI is InChI=1S/C9H13ClO6/c1-3-7(10)6(4-8(12)16-14)9(13)15-5(2)11/h4-5,7,11,14H,3H2,1-2H3/b6-4-. The van der Waals surface area contributed by atoms with Gasteiger partial charge in [-0.05, 0) is 13.3 Å². The predicted molar refractivity (Wildman–Crippen MR) is 54.5 cm³/mol. The third-order valence-electron chi connectivity index (χ3n) is 1.57. The van der Waals surface area contributed by atoms with Crippen molar-refractivity contribution in [2.75, 3.05) is 0 Å². The fourth-order valence-electron chi connectivity index (χ4n) is 0.873. The molecule has 0 amide bonds. The van der Waals surface area contributed by atoms with Gasteiger partial charge in [0.1, 0.15) is 0 Å². The Labute approximate surface area is 97.3 Å². The molecule has 16 heavy (non-hydrogen) atoms. The summed E-state index contributed by atoms with van der Waals surface area (Å²) in [6.45, 7) is 2.92. The highest BCUT2D eigenvalue weighted by Crippen LogP contribution is 2.16. The van der Waals surface area contributed by atoms with Crippen LogP contribution < -0.4 is 0 Å². The van der Waals surface area contributed by atoms with Crippen LogP contribution in [0.15, 0.2) is 11.6 Å². The van der Waals surface area contributed by atoms with E-state index in [-0.39, 0.29) is 5.57 Å². The van der Waals surface area contributed by atoms with Crippen molar-refractivity contribution in [2.24, 2.45) is 0 Å². The quantitative estimate of drug-likeness (QED) is 0.188. The van der Waals surface area contributed by atoms with Crippen LogP contribution in [0.25, 0.3) is 0 Å². The highest BCUT2D eigenvalue weighted by atomic mass is 35.5. The van der Waals surface area contributed by atoms with Crippen LogP contribution in [0, 0.1) is 0 Å². The third kappa shape index (κ3) is 5.11. The number of halogens is 1. The summed E-state index contributed by atoms with van der Waals surface area (Å²) in [7, 11) is 0. The molecule has 0 aromatic carbocycles. The number of aliphatic hydroxyl groups excluding tert-OH is 1. The first kappa shape index (κ1) is 14.9. The van der Waals surface area contributed by atoms with Gasteiger partial charge in [0.25, 0.3) is 0 Å². The van der Waals surface area contributed by atoms with Crippen LogP contribution in [-0.4, -0.2) is 34.0 Å². The van der Waals surface area contributed by atoms with E-state index in [1.807, 2.05) is 0 Å². The first-order valence-corrected chi connectivity index (χ1v) is 4.96. The van der Waals surface area contributed by atoms with Gasteiger partial charge < -0.3 is 9.84 Å². The van der Waals surface area contributed by atoms with Crippen LogP contribution in [0.4, 0.5) is 0 Å². The number of hydrogen-bond donors (Lipinski definition) is 2. The number of esters is 1. The van der Waals surface area contributed by atoms with E-state index in [0.717, 1.165) is 0 Å². The van der Waals surface area contributed by atoms with Gasteiger partial charge in [-0.2, -0.15) is 5.26 Å². The molecule has 0 bridgehead atoms. The number of hydrogen-bond acceptors (Lipinski definition) is 6. The van der Waals surface area contributed by atoms with Gasteiger partial charge in [-0.1, -0.05) is 6.92 Å². The fraction of sp³-hybridized carbons (Fsp3) is 0.556. The van der Waals surface area contributed by atoms with Crippen molar-refractivity contribution in [2.45, 2.75) is 31.9 Å². The number of aliphatic hydroxyl groups is 1. The van der Waals surface area contributed by atoms with E-state index in [9.17, 15) is 9.59 Å². The summed E-state index contributed by atoms with van der Waals surface area (Å²) < 4.78 is 4.46. The lowest BCUT2D eigenvalue weighted by atomic mass is 10.1. The third-order valence-corrected chi connectivity index (χ3v) is 2.12. The molecule has 0 heterocycles. The number of carbonyl (C=O) groups excluding carboxylic acids is 2. The minimum Gasteiger partial charge on any atom is -0.433 e. The molecule has 7 heteroatoms. The number of carbonyl (C=O) groups is 2. The zero-order valence-electron chi connectivity index (χ0n) is 8.84. The molecule has 0 saturated carbocycles. The zero-order valence-corrected chi connectivity index (χ0v) is 9.60. The lowest BCUT2D eigenvalue weighted by Gasteiger charge is -2.12. The van der Waals surface area contributed by atoms with Crippen molar-refractivity contribution >= 4 is 23.5 Å². The highest BCUT2D eigenvalue weighted by molar-refractivity contribution is 6.25. The average molecular weight is 253 g/mol. The molecular formula is C9H13ClO6. The summed E-state index contributed by atoms with van der Waals surface area (Å²) in [5.74, 6) is -2.08. The number of alkyl halides is 1. The van der Waals surface area contributed by atoms with Crippen molar-refractivity contribution in [3.63, 3.8) is 0 Å². The molecule has 2 atom stereocenters. The Balaban J connectivity index is 4.87. The second kappa shape index (κ2) is 7.21. The van der Waals surface area contributed by atoms with Crippen LogP contribution in [0.5, 0.6) is 0 Å². The van der Waals surface area contributed by atoms with Crippen LogP contribution in [-0.2, 0) is 19.2 Å². The summed E-state index contributed by atoms with van der Waals surface area (Å²) in [6, 6.07) is 0. The minimum absolute atomic E-state index is 0.191. The van der Waals surface area contributed by atoms with E-state index in [1.54, 1.807) is 6.92 Å². The normalized spacial score (nSPS) is 15.2. The van der Waals surface area contributed by atoms with E-state index in [2.05, 4.69) is 9.62 Å². The van der Waals surface area contributed by atoms with E-state index in [1.165, 1.54) is 6.92 Å². The Morgan fingerprint density at radius 1 is 1.50 bits per heavy atom. The molecule has 0 aromatic heterocycles. The number of ether oxygens (including phenoxy) is 1. The SMILES string of the molecule is CCC(Cl)/C(=C/C(=O)OO)C(=O)OC(C)O. The Morgan fingerprint density at radius 2 is 2.06 bits per heavy atom.